The first-order valence-electron chi connectivity index (χ1n) is 9.41. The Morgan fingerprint density at radius 2 is 1.88 bits per heavy atom. The number of nitrogens with one attached hydrogen (secondary N) is 1. The molecule has 2 aromatic rings. The van der Waals surface area contributed by atoms with Gasteiger partial charge < -0.3 is 15.0 Å². The Kier molecular flexibility index (Phi) is 6.47. The third-order valence-electron chi connectivity index (χ3n) is 4.55. The van der Waals surface area contributed by atoms with Crippen LogP contribution in [0, 0.1) is 6.92 Å². The zero-order chi connectivity index (χ0) is 18.2. The third kappa shape index (κ3) is 5.48. The van der Waals surface area contributed by atoms with E-state index in [1.165, 1.54) is 24.8 Å². The van der Waals surface area contributed by atoms with Crippen molar-refractivity contribution in [1.29, 1.82) is 0 Å². The van der Waals surface area contributed by atoms with Gasteiger partial charge in [0.15, 0.2) is 0 Å². The summed E-state index contributed by atoms with van der Waals surface area (Å²) in [7, 11) is 0. The van der Waals surface area contributed by atoms with Gasteiger partial charge in [0.1, 0.15) is 11.6 Å². The summed E-state index contributed by atoms with van der Waals surface area (Å²) in [6.45, 7) is 4.71. The number of nitrogens with zero attached hydrogens (tertiary/aromatic N) is 2. The number of benzene rings is 1. The number of amides is 1. The average Bonchev–Trinajstić information content (AvgIpc) is 2.68. The predicted octanol–water partition coefficient (Wildman–Crippen LogP) is 4.18. The van der Waals surface area contributed by atoms with Crippen molar-refractivity contribution in [3.8, 4) is 5.75 Å². The second kappa shape index (κ2) is 9.22. The molecule has 1 aliphatic rings. The van der Waals surface area contributed by atoms with Crippen molar-refractivity contribution in [2.75, 3.05) is 29.9 Å². The van der Waals surface area contributed by atoms with E-state index in [2.05, 4.69) is 15.2 Å². The lowest BCUT2D eigenvalue weighted by atomic mass is 10.1. The first kappa shape index (κ1) is 18.2. The number of pyridine rings is 1. The quantitative estimate of drug-likeness (QED) is 0.759. The molecule has 0 atom stereocenters. The van der Waals surface area contributed by atoms with Crippen LogP contribution in [0.3, 0.4) is 0 Å². The molecule has 1 aliphatic heterocycles. The van der Waals surface area contributed by atoms with Gasteiger partial charge in [-0.05, 0) is 56.9 Å². The SMILES string of the molecule is Cc1ccc(OCCCC(=O)Nc2ccc(N3CCCCC3)nc2)cc1. The van der Waals surface area contributed by atoms with Crippen LogP contribution in [0.4, 0.5) is 11.5 Å². The highest BCUT2D eigenvalue weighted by Crippen LogP contribution is 2.19. The predicted molar refractivity (Wildman–Crippen MR) is 105 cm³/mol. The van der Waals surface area contributed by atoms with Crippen molar-refractivity contribution >= 4 is 17.4 Å². The number of hydrogen-bond donors (Lipinski definition) is 1. The van der Waals surface area contributed by atoms with E-state index < -0.39 is 0 Å². The minimum Gasteiger partial charge on any atom is -0.494 e. The van der Waals surface area contributed by atoms with E-state index in [1.54, 1.807) is 6.20 Å². The molecule has 0 spiro atoms. The van der Waals surface area contributed by atoms with Crippen LogP contribution in [0.2, 0.25) is 0 Å². The van der Waals surface area contributed by atoms with Gasteiger partial charge in [-0.2, -0.15) is 0 Å². The standard InChI is InChI=1S/C21H27N3O2/c1-17-7-10-19(11-8-17)26-15-5-6-21(25)23-18-9-12-20(22-16-18)24-13-3-2-4-14-24/h7-12,16H,2-6,13-15H2,1H3,(H,23,25). The molecule has 0 unspecified atom stereocenters. The van der Waals surface area contributed by atoms with Crippen molar-refractivity contribution in [3.63, 3.8) is 0 Å². The van der Waals surface area contributed by atoms with Crippen LogP contribution in [0.5, 0.6) is 5.75 Å². The monoisotopic (exact) mass is 353 g/mol. The van der Waals surface area contributed by atoms with E-state index >= 15 is 0 Å². The average molecular weight is 353 g/mol. The van der Waals surface area contributed by atoms with Gasteiger partial charge in [0.25, 0.3) is 0 Å². The summed E-state index contributed by atoms with van der Waals surface area (Å²) in [5, 5.41) is 2.90. The molecule has 3 rings (SSSR count). The Morgan fingerprint density at radius 3 is 2.58 bits per heavy atom. The zero-order valence-corrected chi connectivity index (χ0v) is 15.4. The topological polar surface area (TPSA) is 54.5 Å². The molecule has 5 nitrogen and oxygen atoms in total. The lowest BCUT2D eigenvalue weighted by Crippen LogP contribution is -2.30. The van der Waals surface area contributed by atoms with Crippen LogP contribution in [-0.4, -0.2) is 30.6 Å². The number of hydrogen-bond acceptors (Lipinski definition) is 4. The van der Waals surface area contributed by atoms with Gasteiger partial charge in [-0.1, -0.05) is 17.7 Å². The summed E-state index contributed by atoms with van der Waals surface area (Å²) in [6, 6.07) is 11.8. The molecule has 2 heterocycles. The maximum atomic E-state index is 12.1. The van der Waals surface area contributed by atoms with Crippen LogP contribution in [0.1, 0.15) is 37.7 Å². The molecule has 5 heteroatoms. The van der Waals surface area contributed by atoms with E-state index in [0.29, 0.717) is 19.4 Å². The summed E-state index contributed by atoms with van der Waals surface area (Å²) < 4.78 is 5.65. The van der Waals surface area contributed by atoms with Gasteiger partial charge in [0.2, 0.25) is 5.91 Å². The first-order chi connectivity index (χ1) is 12.7. The molecular weight excluding hydrogens is 326 g/mol. The Bertz CT molecular complexity index is 692. The largest absolute Gasteiger partial charge is 0.494 e. The number of aromatic nitrogens is 1. The molecule has 1 aromatic carbocycles. The summed E-state index contributed by atoms with van der Waals surface area (Å²) >= 11 is 0. The van der Waals surface area contributed by atoms with E-state index in [0.717, 1.165) is 30.3 Å². The molecule has 0 saturated carbocycles. The normalized spacial score (nSPS) is 14.1. The summed E-state index contributed by atoms with van der Waals surface area (Å²) in [4.78, 5) is 18.8. The van der Waals surface area contributed by atoms with Crippen molar-refractivity contribution < 1.29 is 9.53 Å². The fraction of sp³-hybridized carbons (Fsp3) is 0.429. The number of ether oxygens (including phenoxy) is 1. The van der Waals surface area contributed by atoms with Crippen molar-refractivity contribution in [2.45, 2.75) is 39.0 Å². The Morgan fingerprint density at radius 1 is 1.12 bits per heavy atom. The molecule has 1 fully saturated rings. The number of anilines is 2. The van der Waals surface area contributed by atoms with Crippen molar-refractivity contribution in [3.05, 3.63) is 48.2 Å². The van der Waals surface area contributed by atoms with Gasteiger partial charge in [-0.25, -0.2) is 4.98 Å². The molecule has 138 valence electrons. The van der Waals surface area contributed by atoms with Crippen molar-refractivity contribution in [2.24, 2.45) is 0 Å². The van der Waals surface area contributed by atoms with Crippen LogP contribution in [0.25, 0.3) is 0 Å². The maximum Gasteiger partial charge on any atom is 0.224 e. The second-order valence-electron chi connectivity index (χ2n) is 6.77. The molecule has 1 N–H and O–H groups in total. The fourth-order valence-electron chi connectivity index (χ4n) is 3.05. The van der Waals surface area contributed by atoms with Gasteiger partial charge >= 0.3 is 0 Å². The molecule has 1 aromatic heterocycles. The van der Waals surface area contributed by atoms with Gasteiger partial charge in [-0.15, -0.1) is 0 Å². The summed E-state index contributed by atoms with van der Waals surface area (Å²) in [6.07, 6.45) is 6.61. The summed E-state index contributed by atoms with van der Waals surface area (Å²) in [5.74, 6) is 1.83. The Hall–Kier alpha value is -2.56. The Balaban J connectivity index is 1.38. The number of rotatable bonds is 7. The van der Waals surface area contributed by atoms with Gasteiger partial charge in [0.05, 0.1) is 18.5 Å². The van der Waals surface area contributed by atoms with Crippen LogP contribution in [-0.2, 0) is 4.79 Å². The summed E-state index contributed by atoms with van der Waals surface area (Å²) in [5.41, 5.74) is 1.95. The first-order valence-corrected chi connectivity index (χ1v) is 9.41. The number of aryl methyl sites for hydroxylation is 1. The van der Waals surface area contributed by atoms with Gasteiger partial charge in [-0.3, -0.25) is 4.79 Å². The number of piperidine rings is 1. The minimum absolute atomic E-state index is 0.00923. The van der Waals surface area contributed by atoms with E-state index in [9.17, 15) is 4.79 Å². The highest BCUT2D eigenvalue weighted by atomic mass is 16.5. The highest BCUT2D eigenvalue weighted by molar-refractivity contribution is 5.90. The van der Waals surface area contributed by atoms with E-state index in [1.807, 2.05) is 43.3 Å². The Labute approximate surface area is 155 Å². The number of carbonyl (C=O) groups is 1. The molecular formula is C21H27N3O2. The lowest BCUT2D eigenvalue weighted by Gasteiger charge is -2.27. The van der Waals surface area contributed by atoms with E-state index in [-0.39, 0.29) is 5.91 Å². The molecule has 0 aliphatic carbocycles. The molecule has 0 radical (unpaired) electrons. The smallest absolute Gasteiger partial charge is 0.224 e. The van der Waals surface area contributed by atoms with E-state index in [4.69, 9.17) is 4.74 Å². The van der Waals surface area contributed by atoms with Crippen LogP contribution >= 0.6 is 0 Å². The van der Waals surface area contributed by atoms with Gasteiger partial charge in [0, 0.05) is 19.5 Å². The zero-order valence-electron chi connectivity index (χ0n) is 15.4. The molecule has 1 amide bonds. The van der Waals surface area contributed by atoms with Crippen LogP contribution < -0.4 is 15.0 Å². The van der Waals surface area contributed by atoms with Crippen LogP contribution in [0.15, 0.2) is 42.6 Å². The lowest BCUT2D eigenvalue weighted by molar-refractivity contribution is -0.116. The molecule has 1 saturated heterocycles. The number of carbonyl (C=O) groups excluding carboxylic acids is 1. The molecule has 0 bridgehead atoms. The van der Waals surface area contributed by atoms with Crippen molar-refractivity contribution in [1.82, 2.24) is 4.98 Å². The second-order valence-corrected chi connectivity index (χ2v) is 6.77. The maximum absolute atomic E-state index is 12.1. The highest BCUT2D eigenvalue weighted by Gasteiger charge is 2.12. The molecule has 26 heavy (non-hydrogen) atoms. The fourth-order valence-corrected chi connectivity index (χ4v) is 3.05. The minimum atomic E-state index is -0.00923. The third-order valence-corrected chi connectivity index (χ3v) is 4.55.